The van der Waals surface area contributed by atoms with Crippen molar-refractivity contribution in [2.45, 2.75) is 19.1 Å². The van der Waals surface area contributed by atoms with Crippen molar-refractivity contribution in [2.24, 2.45) is 0 Å². The summed E-state index contributed by atoms with van der Waals surface area (Å²) >= 11 is 1.60. The number of carbonyl (C=O) groups is 1. The first kappa shape index (κ1) is 16.7. The number of hydrogen-bond donors (Lipinski definition) is 1. The molecular weight excluding hydrogens is 322 g/mol. The van der Waals surface area contributed by atoms with Crippen LogP contribution >= 0.6 is 11.8 Å². The number of anilines is 1. The lowest BCUT2D eigenvalue weighted by molar-refractivity contribution is -0.113. The van der Waals surface area contributed by atoms with E-state index in [1.54, 1.807) is 11.8 Å². The largest absolute Gasteiger partial charge is 0.490 e. The number of thioether (sulfide) groups is 1. The van der Waals surface area contributed by atoms with Crippen molar-refractivity contribution in [1.82, 2.24) is 0 Å². The maximum absolute atomic E-state index is 12.1. The summed E-state index contributed by atoms with van der Waals surface area (Å²) in [6.07, 6.45) is 0.867. The highest BCUT2D eigenvalue weighted by molar-refractivity contribution is 7.99. The zero-order valence-electron chi connectivity index (χ0n) is 13.7. The average Bonchev–Trinajstić information content (AvgIpc) is 2.81. The van der Waals surface area contributed by atoms with E-state index in [2.05, 4.69) is 36.5 Å². The van der Waals surface area contributed by atoms with Crippen LogP contribution in [0.2, 0.25) is 0 Å². The van der Waals surface area contributed by atoms with Gasteiger partial charge in [0.15, 0.2) is 11.5 Å². The molecule has 0 aromatic heterocycles. The fourth-order valence-electron chi connectivity index (χ4n) is 2.38. The third-order valence-corrected chi connectivity index (χ3v) is 4.66. The second-order valence-electron chi connectivity index (χ2n) is 5.74. The molecule has 2 aromatic rings. The Bertz CT molecular complexity index is 700. The number of ether oxygens (including phenoxy) is 2. The number of aryl methyl sites for hydroxylation is 1. The van der Waals surface area contributed by atoms with Crippen molar-refractivity contribution < 1.29 is 14.3 Å². The van der Waals surface area contributed by atoms with Gasteiger partial charge >= 0.3 is 0 Å². The van der Waals surface area contributed by atoms with Crippen molar-refractivity contribution in [3.8, 4) is 11.5 Å². The molecule has 0 saturated heterocycles. The Labute approximate surface area is 146 Å². The summed E-state index contributed by atoms with van der Waals surface area (Å²) in [5, 5.41) is 2.91. The van der Waals surface area contributed by atoms with Crippen molar-refractivity contribution in [3.63, 3.8) is 0 Å². The van der Waals surface area contributed by atoms with Gasteiger partial charge in [0.25, 0.3) is 0 Å². The normalized spacial score (nSPS) is 13.2. The molecule has 2 aromatic carbocycles. The van der Waals surface area contributed by atoms with Crippen LogP contribution in [0.25, 0.3) is 0 Å². The van der Waals surface area contributed by atoms with E-state index in [0.29, 0.717) is 24.7 Å². The van der Waals surface area contributed by atoms with Gasteiger partial charge in [-0.25, -0.2) is 0 Å². The molecule has 5 heteroatoms. The molecule has 0 saturated carbocycles. The van der Waals surface area contributed by atoms with Gasteiger partial charge in [-0.2, -0.15) is 0 Å². The number of carbonyl (C=O) groups excluding carboxylic acids is 1. The van der Waals surface area contributed by atoms with Crippen LogP contribution in [-0.4, -0.2) is 24.9 Å². The number of amides is 1. The Morgan fingerprint density at radius 3 is 2.62 bits per heavy atom. The fourth-order valence-corrected chi connectivity index (χ4v) is 3.17. The average molecular weight is 343 g/mol. The first-order valence-corrected chi connectivity index (χ1v) is 9.19. The number of fused-ring (bicyclic) bond motifs is 1. The van der Waals surface area contributed by atoms with Crippen LogP contribution < -0.4 is 14.8 Å². The van der Waals surface area contributed by atoms with Crippen molar-refractivity contribution in [2.75, 3.05) is 24.3 Å². The van der Waals surface area contributed by atoms with Crippen molar-refractivity contribution >= 4 is 23.4 Å². The number of hydrogen-bond acceptors (Lipinski definition) is 4. The van der Waals surface area contributed by atoms with E-state index in [1.165, 1.54) is 11.1 Å². The molecule has 1 N–H and O–H groups in total. The zero-order valence-corrected chi connectivity index (χ0v) is 14.5. The standard InChI is InChI=1S/C19H21NO3S/c1-14-3-5-15(6-4-14)12-24-13-19(21)20-16-7-8-17-18(11-16)23-10-2-9-22-17/h3-8,11H,2,9-10,12-13H2,1H3,(H,20,21). The molecule has 0 bridgehead atoms. The van der Waals surface area contributed by atoms with E-state index in [-0.39, 0.29) is 5.91 Å². The van der Waals surface area contributed by atoms with E-state index < -0.39 is 0 Å². The van der Waals surface area contributed by atoms with Crippen LogP contribution in [-0.2, 0) is 10.5 Å². The van der Waals surface area contributed by atoms with E-state index in [0.717, 1.165) is 23.6 Å². The molecule has 4 nitrogen and oxygen atoms in total. The summed E-state index contributed by atoms with van der Waals surface area (Å²) in [4.78, 5) is 12.1. The van der Waals surface area contributed by atoms with E-state index in [4.69, 9.17) is 9.47 Å². The van der Waals surface area contributed by atoms with Crippen LogP contribution in [0.15, 0.2) is 42.5 Å². The smallest absolute Gasteiger partial charge is 0.234 e. The minimum atomic E-state index is -0.0124. The summed E-state index contributed by atoms with van der Waals surface area (Å²) in [6.45, 7) is 3.37. The van der Waals surface area contributed by atoms with Gasteiger partial charge in [-0.1, -0.05) is 29.8 Å². The Morgan fingerprint density at radius 1 is 1.08 bits per heavy atom. The second-order valence-corrected chi connectivity index (χ2v) is 6.72. The van der Waals surface area contributed by atoms with Gasteiger partial charge in [0.1, 0.15) is 0 Å². The summed E-state index contributed by atoms with van der Waals surface area (Å²) < 4.78 is 11.2. The molecule has 1 amide bonds. The minimum absolute atomic E-state index is 0.0124. The molecule has 0 atom stereocenters. The Hall–Kier alpha value is -2.14. The van der Waals surface area contributed by atoms with Gasteiger partial charge in [-0.15, -0.1) is 11.8 Å². The maximum Gasteiger partial charge on any atom is 0.234 e. The highest BCUT2D eigenvalue weighted by Crippen LogP contribution is 2.32. The van der Waals surface area contributed by atoms with Gasteiger partial charge < -0.3 is 14.8 Å². The molecule has 0 unspecified atom stereocenters. The quantitative estimate of drug-likeness (QED) is 0.890. The number of benzene rings is 2. The van der Waals surface area contributed by atoms with E-state index in [1.807, 2.05) is 18.2 Å². The van der Waals surface area contributed by atoms with Crippen molar-refractivity contribution in [1.29, 1.82) is 0 Å². The predicted molar refractivity (Wildman–Crippen MR) is 98.0 cm³/mol. The molecule has 1 aliphatic heterocycles. The van der Waals surface area contributed by atoms with E-state index in [9.17, 15) is 4.79 Å². The molecule has 1 heterocycles. The molecule has 3 rings (SSSR count). The third-order valence-electron chi connectivity index (χ3n) is 3.65. The fraction of sp³-hybridized carbons (Fsp3) is 0.316. The lowest BCUT2D eigenvalue weighted by Crippen LogP contribution is -2.14. The molecule has 0 spiro atoms. The minimum Gasteiger partial charge on any atom is -0.490 e. The molecule has 126 valence electrons. The predicted octanol–water partition coefficient (Wildman–Crippen LogP) is 4.03. The molecule has 0 fully saturated rings. The Kier molecular flexibility index (Phi) is 5.64. The molecule has 1 aliphatic rings. The molecule has 0 aliphatic carbocycles. The maximum atomic E-state index is 12.1. The van der Waals surface area contributed by atoms with Gasteiger partial charge in [0.05, 0.1) is 19.0 Å². The van der Waals surface area contributed by atoms with Crippen LogP contribution in [0.1, 0.15) is 17.5 Å². The number of rotatable bonds is 5. The van der Waals surface area contributed by atoms with Gasteiger partial charge in [-0.05, 0) is 24.6 Å². The second kappa shape index (κ2) is 8.11. The first-order chi connectivity index (χ1) is 11.7. The topological polar surface area (TPSA) is 47.6 Å². The monoisotopic (exact) mass is 343 g/mol. The van der Waals surface area contributed by atoms with Crippen LogP contribution in [0.5, 0.6) is 11.5 Å². The van der Waals surface area contributed by atoms with E-state index >= 15 is 0 Å². The Balaban J connectivity index is 1.49. The lowest BCUT2D eigenvalue weighted by Gasteiger charge is -2.10. The molecular formula is C19H21NO3S. The lowest BCUT2D eigenvalue weighted by atomic mass is 10.2. The summed E-state index contributed by atoms with van der Waals surface area (Å²) in [7, 11) is 0. The van der Waals surface area contributed by atoms with Gasteiger partial charge in [-0.3, -0.25) is 4.79 Å². The highest BCUT2D eigenvalue weighted by atomic mass is 32.2. The van der Waals surface area contributed by atoms with Crippen LogP contribution in [0.3, 0.4) is 0 Å². The van der Waals surface area contributed by atoms with Crippen LogP contribution in [0, 0.1) is 6.92 Å². The molecule has 24 heavy (non-hydrogen) atoms. The number of nitrogens with one attached hydrogen (secondary N) is 1. The summed E-state index contributed by atoms with van der Waals surface area (Å²) in [6, 6.07) is 13.9. The Morgan fingerprint density at radius 2 is 1.83 bits per heavy atom. The summed E-state index contributed by atoms with van der Waals surface area (Å²) in [5.41, 5.74) is 3.21. The summed E-state index contributed by atoms with van der Waals surface area (Å²) in [5.74, 6) is 2.66. The molecule has 0 radical (unpaired) electrons. The van der Waals surface area contributed by atoms with Gasteiger partial charge in [0, 0.05) is 23.9 Å². The van der Waals surface area contributed by atoms with Crippen molar-refractivity contribution in [3.05, 3.63) is 53.6 Å². The first-order valence-electron chi connectivity index (χ1n) is 8.03. The van der Waals surface area contributed by atoms with Gasteiger partial charge in [0.2, 0.25) is 5.91 Å². The third kappa shape index (κ3) is 4.68. The zero-order chi connectivity index (χ0) is 16.8. The SMILES string of the molecule is Cc1ccc(CSCC(=O)Nc2ccc3c(c2)OCCCO3)cc1. The highest BCUT2D eigenvalue weighted by Gasteiger charge is 2.11. The van der Waals surface area contributed by atoms with Crippen LogP contribution in [0.4, 0.5) is 5.69 Å².